The molecule has 0 saturated carbocycles. The van der Waals surface area contributed by atoms with Crippen LogP contribution >= 0.6 is 0 Å². The highest BCUT2D eigenvalue weighted by atomic mass is 19.4. The molecule has 0 aliphatic carbocycles. The molecule has 0 unspecified atom stereocenters. The number of hydrogen-bond acceptors (Lipinski definition) is 2. The molecule has 0 radical (unpaired) electrons. The van der Waals surface area contributed by atoms with E-state index in [2.05, 4.69) is 5.73 Å². The molecule has 0 fully saturated rings. The Morgan fingerprint density at radius 3 is 2.11 bits per heavy atom. The molecule has 5 heteroatoms. The maximum atomic E-state index is 11.3. The van der Waals surface area contributed by atoms with E-state index >= 15 is 0 Å². The lowest BCUT2D eigenvalue weighted by Gasteiger charge is -2.02. The van der Waals surface area contributed by atoms with Crippen LogP contribution < -0.4 is 5.73 Å². The van der Waals surface area contributed by atoms with Gasteiger partial charge in [0.25, 0.3) is 0 Å². The molecular weight excluding hydrogens is 133 g/mol. The summed E-state index contributed by atoms with van der Waals surface area (Å²) in [6.45, 7) is 0. The number of hydrogen-bond donors (Lipinski definition) is 1. The van der Waals surface area contributed by atoms with Crippen molar-refractivity contribution in [3.8, 4) is 6.07 Å². The van der Waals surface area contributed by atoms with Crippen LogP contribution in [0.4, 0.5) is 13.2 Å². The van der Waals surface area contributed by atoms with E-state index in [4.69, 9.17) is 5.26 Å². The fourth-order valence-electron chi connectivity index (χ4n) is 0.151. The molecule has 2 nitrogen and oxygen atoms in total. The lowest BCUT2D eigenvalue weighted by Crippen LogP contribution is -2.18. The Bertz CT molecular complexity index is 162. The summed E-state index contributed by atoms with van der Waals surface area (Å²) < 4.78 is 33.9. The van der Waals surface area contributed by atoms with Gasteiger partial charge in [-0.2, -0.15) is 18.4 Å². The summed E-state index contributed by atoms with van der Waals surface area (Å²) in [5.74, 6) is 0. The Balaban J connectivity index is 4.25. The van der Waals surface area contributed by atoms with Gasteiger partial charge in [0.15, 0.2) is 0 Å². The summed E-state index contributed by atoms with van der Waals surface area (Å²) in [5, 5.41) is 7.69. The molecule has 0 rings (SSSR count). The molecule has 0 aliphatic rings. The van der Waals surface area contributed by atoms with Gasteiger partial charge in [0.05, 0.1) is 6.07 Å². The van der Waals surface area contributed by atoms with Crippen molar-refractivity contribution >= 4 is 0 Å². The number of nitrogens with two attached hydrogens (primary N) is 1. The summed E-state index contributed by atoms with van der Waals surface area (Å²) in [7, 11) is 0. The molecule has 50 valence electrons. The zero-order valence-electron chi connectivity index (χ0n) is 4.24. The average molecular weight is 136 g/mol. The predicted molar refractivity (Wildman–Crippen MR) is 23.9 cm³/mol. The third-order valence-electron chi connectivity index (χ3n) is 0.547. The van der Waals surface area contributed by atoms with Crippen LogP contribution in [0.3, 0.4) is 0 Å². The van der Waals surface area contributed by atoms with Gasteiger partial charge in [-0.05, 0) is 0 Å². The number of nitriles is 1. The van der Waals surface area contributed by atoms with Gasteiger partial charge in [-0.1, -0.05) is 0 Å². The summed E-state index contributed by atoms with van der Waals surface area (Å²) >= 11 is 0. The van der Waals surface area contributed by atoms with Crippen molar-refractivity contribution in [2.45, 2.75) is 6.18 Å². The molecule has 0 aliphatic heterocycles. The molecule has 0 aromatic rings. The van der Waals surface area contributed by atoms with E-state index in [0.717, 1.165) is 0 Å². The Kier molecular flexibility index (Phi) is 2.08. The van der Waals surface area contributed by atoms with E-state index in [1.807, 2.05) is 0 Å². The average Bonchev–Trinajstić information content (AvgIpc) is 1.64. The molecule has 0 saturated heterocycles. The van der Waals surface area contributed by atoms with Crippen molar-refractivity contribution < 1.29 is 13.2 Å². The van der Waals surface area contributed by atoms with Crippen LogP contribution in [0.25, 0.3) is 0 Å². The smallest absolute Gasteiger partial charge is 0.394 e. The molecular formula is C4H3F3N2. The van der Waals surface area contributed by atoms with Gasteiger partial charge in [0, 0.05) is 6.08 Å². The van der Waals surface area contributed by atoms with Gasteiger partial charge in [0.1, 0.15) is 5.70 Å². The molecule has 0 heterocycles. The van der Waals surface area contributed by atoms with E-state index in [9.17, 15) is 13.2 Å². The van der Waals surface area contributed by atoms with Crippen LogP contribution in [0, 0.1) is 11.3 Å². The zero-order valence-corrected chi connectivity index (χ0v) is 4.24. The topological polar surface area (TPSA) is 49.8 Å². The lowest BCUT2D eigenvalue weighted by molar-refractivity contribution is -0.0925. The van der Waals surface area contributed by atoms with E-state index in [1.165, 1.54) is 6.07 Å². The number of halogens is 3. The lowest BCUT2D eigenvalue weighted by atomic mass is 10.4. The number of rotatable bonds is 0. The maximum Gasteiger partial charge on any atom is 0.431 e. The molecule has 0 spiro atoms. The van der Waals surface area contributed by atoms with Gasteiger partial charge in [-0.25, -0.2) is 0 Å². The van der Waals surface area contributed by atoms with Crippen LogP contribution in [0.2, 0.25) is 0 Å². The second kappa shape index (κ2) is 2.40. The first kappa shape index (κ1) is 7.82. The van der Waals surface area contributed by atoms with Gasteiger partial charge in [-0.3, -0.25) is 0 Å². The SMILES string of the molecule is N#C/C=C(\N)C(F)(F)F. The predicted octanol–water partition coefficient (Wildman–Crippen LogP) is 0.915. The van der Waals surface area contributed by atoms with Crippen LogP contribution in [0.1, 0.15) is 0 Å². The first-order valence-corrected chi connectivity index (χ1v) is 1.91. The van der Waals surface area contributed by atoms with E-state index in [1.54, 1.807) is 0 Å². The van der Waals surface area contributed by atoms with Gasteiger partial charge in [-0.15, -0.1) is 0 Å². The number of allylic oxidation sites excluding steroid dienone is 2. The third kappa shape index (κ3) is 2.59. The van der Waals surface area contributed by atoms with Crippen molar-refractivity contribution in [2.75, 3.05) is 0 Å². The molecule has 0 amide bonds. The third-order valence-corrected chi connectivity index (χ3v) is 0.547. The van der Waals surface area contributed by atoms with E-state index < -0.39 is 11.9 Å². The van der Waals surface area contributed by atoms with Crippen molar-refractivity contribution in [1.82, 2.24) is 0 Å². The second-order valence-corrected chi connectivity index (χ2v) is 1.23. The molecule has 2 N–H and O–H groups in total. The highest BCUT2D eigenvalue weighted by Gasteiger charge is 2.31. The molecule has 0 atom stereocenters. The molecule has 9 heavy (non-hydrogen) atoms. The van der Waals surface area contributed by atoms with E-state index in [0.29, 0.717) is 0 Å². The largest absolute Gasteiger partial charge is 0.431 e. The zero-order chi connectivity index (χ0) is 7.49. The monoisotopic (exact) mass is 136 g/mol. The summed E-state index contributed by atoms with van der Waals surface area (Å²) in [4.78, 5) is 0. The van der Waals surface area contributed by atoms with Crippen molar-refractivity contribution in [1.29, 1.82) is 5.26 Å². The minimum absolute atomic E-state index is 0.250. The Labute approximate surface area is 49.4 Å². The minimum atomic E-state index is -4.57. The van der Waals surface area contributed by atoms with Crippen molar-refractivity contribution in [2.24, 2.45) is 5.73 Å². The summed E-state index contributed by atoms with van der Waals surface area (Å²) in [6, 6.07) is 1.17. The fraction of sp³-hybridized carbons (Fsp3) is 0.250. The first-order chi connectivity index (χ1) is 3.98. The normalized spacial score (nSPS) is 12.9. The standard InChI is InChI=1S/C4H3F3N2/c5-4(6,7)3(9)1-2-8/h1H,9H2/b3-1-. The van der Waals surface area contributed by atoms with Gasteiger partial charge < -0.3 is 5.73 Å². The maximum absolute atomic E-state index is 11.3. The molecule has 0 aromatic heterocycles. The Morgan fingerprint density at radius 2 is 2.00 bits per heavy atom. The van der Waals surface area contributed by atoms with Crippen LogP contribution in [-0.4, -0.2) is 6.18 Å². The first-order valence-electron chi connectivity index (χ1n) is 1.91. The molecule has 0 aromatic carbocycles. The van der Waals surface area contributed by atoms with Crippen LogP contribution in [0.5, 0.6) is 0 Å². The van der Waals surface area contributed by atoms with E-state index in [-0.39, 0.29) is 6.08 Å². The van der Waals surface area contributed by atoms with Crippen LogP contribution in [-0.2, 0) is 0 Å². The van der Waals surface area contributed by atoms with Gasteiger partial charge in [0.2, 0.25) is 0 Å². The molecule has 0 bridgehead atoms. The number of alkyl halides is 3. The van der Waals surface area contributed by atoms with Crippen molar-refractivity contribution in [3.05, 3.63) is 11.8 Å². The Hall–Kier alpha value is -1.18. The number of nitrogens with zero attached hydrogens (tertiary/aromatic N) is 1. The highest BCUT2D eigenvalue weighted by Crippen LogP contribution is 2.20. The summed E-state index contributed by atoms with van der Waals surface area (Å²) in [5.41, 5.74) is 3.00. The highest BCUT2D eigenvalue weighted by molar-refractivity contribution is 5.14. The fourth-order valence-corrected chi connectivity index (χ4v) is 0.151. The second-order valence-electron chi connectivity index (χ2n) is 1.23. The van der Waals surface area contributed by atoms with Crippen molar-refractivity contribution in [3.63, 3.8) is 0 Å². The quantitative estimate of drug-likeness (QED) is 0.503. The Morgan fingerprint density at radius 1 is 1.56 bits per heavy atom. The minimum Gasteiger partial charge on any atom is -0.394 e. The van der Waals surface area contributed by atoms with Crippen LogP contribution in [0.15, 0.2) is 11.8 Å². The van der Waals surface area contributed by atoms with Gasteiger partial charge >= 0.3 is 6.18 Å². The summed E-state index contributed by atoms with van der Waals surface area (Å²) in [6.07, 6.45) is -4.32.